The van der Waals surface area contributed by atoms with Crippen LogP contribution in [-0.2, 0) is 28.5 Å². The van der Waals surface area contributed by atoms with Crippen LogP contribution in [0.2, 0.25) is 0 Å². The van der Waals surface area contributed by atoms with Crippen LogP contribution >= 0.6 is 0 Å². The summed E-state index contributed by atoms with van der Waals surface area (Å²) in [5.74, 6) is 0.760. The van der Waals surface area contributed by atoms with Gasteiger partial charge in [-0.2, -0.15) is 5.10 Å². The molecule has 76 heavy (non-hydrogen) atoms. The number of aliphatic imine (C=N–C) groups is 1. The molecular formula is C62H82N4O10. The number of aliphatic hydroxyl groups excluding tert-OH is 4. The van der Waals surface area contributed by atoms with Crippen LogP contribution in [-0.4, -0.2) is 124 Å². The number of aliphatic hydroxyl groups is 4. The van der Waals surface area contributed by atoms with Crippen molar-refractivity contribution < 1.29 is 49.0 Å². The summed E-state index contributed by atoms with van der Waals surface area (Å²) >= 11 is 0. The van der Waals surface area contributed by atoms with Gasteiger partial charge in [-0.25, -0.2) is 4.99 Å². The number of ketones is 2. The number of carbonyl (C=O) groups is 2. The van der Waals surface area contributed by atoms with Crippen LogP contribution in [0.25, 0.3) is 0 Å². The van der Waals surface area contributed by atoms with Crippen molar-refractivity contribution in [3.8, 4) is 0 Å². The zero-order valence-corrected chi connectivity index (χ0v) is 46.2. The first kappa shape index (κ1) is 54.7. The van der Waals surface area contributed by atoms with Crippen molar-refractivity contribution in [3.05, 3.63) is 107 Å². The van der Waals surface area contributed by atoms with Crippen molar-refractivity contribution in [1.29, 1.82) is 0 Å². The average molecular weight is 1040 g/mol. The monoisotopic (exact) mass is 1040 g/mol. The van der Waals surface area contributed by atoms with Crippen molar-refractivity contribution in [3.63, 3.8) is 0 Å². The number of ether oxygens (including phenoxy) is 4. The maximum Gasteiger partial charge on any atom is 0.193 e. The number of fused-ring (bicyclic) bond motifs is 14. The topological polar surface area (TPSA) is 206 Å². The van der Waals surface area contributed by atoms with Crippen LogP contribution in [0.3, 0.4) is 0 Å². The quantitative estimate of drug-likeness (QED) is 0.105. The van der Waals surface area contributed by atoms with E-state index in [1.807, 2.05) is 77.3 Å². The Morgan fingerprint density at radius 3 is 1.71 bits per heavy atom. The molecule has 0 aromatic heterocycles. The van der Waals surface area contributed by atoms with Gasteiger partial charge in [0.05, 0.1) is 48.1 Å². The van der Waals surface area contributed by atoms with Crippen LogP contribution < -0.4 is 5.73 Å². The number of benzene rings is 2. The van der Waals surface area contributed by atoms with Crippen molar-refractivity contribution in [1.82, 2.24) is 5.01 Å². The van der Waals surface area contributed by atoms with E-state index in [0.29, 0.717) is 18.6 Å². The SMILES string of the molecule is CC1O[C@@H]2C[C@H]3[C@@H]4CCC5=CC(=O)C=C[C@]5(C)[C@H]4[C@@H](O)C[C@]3(C)[C@]2(/C(CO)=N/N(C)C)O1.Cc1ccc(N)cc1.Cc1ccc(N=C2C=C[C@@]3(C)C(=C2)CC[C@@H]2[C@@H]3[C@@H](O)C[C@@]3(C)[C@H]2C[C@H]2OC(C)O[C@]23C(=O)CO)cc1. The van der Waals surface area contributed by atoms with Crippen LogP contribution in [0.4, 0.5) is 11.4 Å². The number of nitrogens with zero attached hydrogens (tertiary/aromatic N) is 3. The van der Waals surface area contributed by atoms with E-state index in [1.54, 1.807) is 17.2 Å². The lowest BCUT2D eigenvalue weighted by Gasteiger charge is -2.60. The maximum atomic E-state index is 13.2. The Bertz CT molecular complexity index is 2750. The molecule has 12 rings (SSSR count). The van der Waals surface area contributed by atoms with Crippen molar-refractivity contribution in [2.24, 2.45) is 67.3 Å². The fourth-order valence-corrected chi connectivity index (χ4v) is 17.5. The van der Waals surface area contributed by atoms with Crippen molar-refractivity contribution >= 4 is 34.4 Å². The summed E-state index contributed by atoms with van der Waals surface area (Å²) in [7, 11) is 3.68. The Morgan fingerprint density at radius 1 is 0.711 bits per heavy atom. The van der Waals surface area contributed by atoms with Gasteiger partial charge in [-0.3, -0.25) is 9.59 Å². The van der Waals surface area contributed by atoms with Crippen LogP contribution in [0.15, 0.2) is 106 Å². The molecule has 0 radical (unpaired) electrons. The number of hydrogen-bond acceptors (Lipinski definition) is 14. The molecule has 2 aliphatic heterocycles. The number of hydrazone groups is 1. The lowest BCUT2D eigenvalue weighted by molar-refractivity contribution is -0.196. The molecule has 18 atom stereocenters. The third-order valence-electron chi connectivity index (χ3n) is 20.6. The minimum Gasteiger partial charge on any atom is -0.399 e. The van der Waals surface area contributed by atoms with Gasteiger partial charge in [0.2, 0.25) is 0 Å². The normalized spacial score (nSPS) is 43.7. The molecule has 8 fully saturated rings. The Kier molecular flexibility index (Phi) is 14.3. The van der Waals surface area contributed by atoms with Crippen LogP contribution in [0, 0.1) is 71.0 Å². The standard InChI is InChI=1S/C30H37NO5.C25H36N2O5.C7H9N/c1-17-5-8-20(9-6-17)31-21-11-12-28(3)19(13-21)7-10-22-23-14-26-30(25(34)16-32,36-18(2)35-26)29(23,4)15-24(33)27(22)28;1-14-31-21-11-18-17-7-6-15-10-16(29)8-9-23(15,2)22(17)19(30)12-24(18,3)25(21,32-14)20(13-28)26-27(4)5;1-6-2-4-7(8)5-3-6/h5-6,8-9,11-13,18,22-24,26-27,32-33H,7,10,14-16H2,1-4H3;8-10,14,17-19,21-22,28,30H,6-7,11-13H2,1-5H3;2-5H,8H2,1H3/b;26-20+;/t18?,22-,23-,24-,26+,27+,28-,29-,30+;14?,17-,18-,19-,21+,22+,23-,24-,25+;/m00./s1. The highest BCUT2D eigenvalue weighted by Gasteiger charge is 2.77. The molecule has 8 aliphatic carbocycles. The van der Waals surface area contributed by atoms with E-state index in [-0.39, 0.29) is 76.7 Å². The van der Waals surface area contributed by atoms with E-state index < -0.39 is 53.4 Å². The van der Waals surface area contributed by atoms with E-state index >= 15 is 0 Å². The zero-order chi connectivity index (χ0) is 54.5. The summed E-state index contributed by atoms with van der Waals surface area (Å²) in [6.45, 7) is 15.7. The predicted octanol–water partition coefficient (Wildman–Crippen LogP) is 8.31. The third kappa shape index (κ3) is 8.49. The predicted molar refractivity (Wildman–Crippen MR) is 292 cm³/mol. The molecule has 6 N–H and O–H groups in total. The molecule has 2 unspecified atom stereocenters. The molecule has 6 saturated carbocycles. The minimum atomic E-state index is -1.19. The van der Waals surface area contributed by atoms with Crippen LogP contribution in [0.5, 0.6) is 0 Å². The number of hydrogen-bond donors (Lipinski definition) is 5. The molecule has 14 nitrogen and oxygen atoms in total. The first-order chi connectivity index (χ1) is 36.0. The number of nitrogen functional groups attached to an aromatic ring is 1. The van der Waals surface area contributed by atoms with Gasteiger partial charge in [0.15, 0.2) is 29.7 Å². The molecule has 2 heterocycles. The number of Topliss-reactive ketones (excluding diaryl/α,β-unsaturated/α-hetero) is 1. The van der Waals surface area contributed by atoms with Gasteiger partial charge in [0, 0.05) is 53.3 Å². The number of nitrogens with two attached hydrogens (primary N) is 1. The third-order valence-corrected chi connectivity index (χ3v) is 20.6. The van der Waals surface area contributed by atoms with Gasteiger partial charge in [0.25, 0.3) is 0 Å². The highest BCUT2D eigenvalue weighted by molar-refractivity contribution is 6.07. The number of anilines is 1. The van der Waals surface area contributed by atoms with Gasteiger partial charge < -0.3 is 50.1 Å². The molecule has 410 valence electrons. The summed E-state index contributed by atoms with van der Waals surface area (Å²) < 4.78 is 25.2. The lowest BCUT2D eigenvalue weighted by Crippen LogP contribution is -2.63. The molecule has 2 saturated heterocycles. The van der Waals surface area contributed by atoms with Gasteiger partial charge in [-0.05, 0) is 151 Å². The number of allylic oxidation sites excluding steroid dienone is 8. The van der Waals surface area contributed by atoms with E-state index in [2.05, 4.69) is 70.1 Å². The molecular weight excluding hydrogens is 961 g/mol. The fourth-order valence-electron chi connectivity index (χ4n) is 17.5. The summed E-state index contributed by atoms with van der Waals surface area (Å²) in [4.78, 5) is 30.1. The molecule has 2 aromatic rings. The fraction of sp³-hybridized carbons (Fsp3) is 0.613. The van der Waals surface area contributed by atoms with Gasteiger partial charge in [-0.1, -0.05) is 86.4 Å². The first-order valence-corrected chi connectivity index (χ1v) is 27.8. The molecule has 0 spiro atoms. The Hall–Kier alpha value is -4.64. The lowest BCUT2D eigenvalue weighted by atomic mass is 9.46. The van der Waals surface area contributed by atoms with E-state index in [1.165, 1.54) is 16.7 Å². The maximum absolute atomic E-state index is 13.2. The largest absolute Gasteiger partial charge is 0.399 e. The van der Waals surface area contributed by atoms with E-state index in [4.69, 9.17) is 29.7 Å². The second-order valence-electron chi connectivity index (χ2n) is 25.0. The molecule has 14 heteroatoms. The summed E-state index contributed by atoms with van der Waals surface area (Å²) in [5, 5.41) is 50.0. The second-order valence-corrected chi connectivity index (χ2v) is 25.0. The summed E-state index contributed by atoms with van der Waals surface area (Å²) in [6.07, 6.45) is 15.6. The molecule has 10 aliphatic rings. The summed E-state index contributed by atoms with van der Waals surface area (Å²) in [5.41, 5.74) is 10.0. The highest BCUT2D eigenvalue weighted by Crippen LogP contribution is 2.71. The Morgan fingerprint density at radius 2 is 1.20 bits per heavy atom. The van der Waals surface area contributed by atoms with Gasteiger partial charge >= 0.3 is 0 Å². The van der Waals surface area contributed by atoms with E-state index in [9.17, 15) is 30.0 Å². The minimum absolute atomic E-state index is 0.0431. The average Bonchev–Trinajstić information content (AvgIpc) is 4.10. The number of carbonyl (C=O) groups excluding carboxylic acids is 2. The number of rotatable bonds is 6. The zero-order valence-electron chi connectivity index (χ0n) is 46.2. The van der Waals surface area contributed by atoms with Crippen LogP contribution in [0.1, 0.15) is 104 Å². The second kappa shape index (κ2) is 19.9. The van der Waals surface area contributed by atoms with Crippen molar-refractivity contribution in [2.75, 3.05) is 33.0 Å². The smallest absolute Gasteiger partial charge is 0.193 e. The molecule has 0 amide bonds. The molecule has 2 aromatic carbocycles. The van der Waals surface area contributed by atoms with Crippen molar-refractivity contribution in [2.45, 2.75) is 155 Å². The van der Waals surface area contributed by atoms with E-state index in [0.717, 1.165) is 61.2 Å². The molecule has 0 bridgehead atoms. The number of aryl methyl sites for hydroxylation is 2. The Labute approximate surface area is 449 Å². The Balaban J connectivity index is 0.000000152. The van der Waals surface area contributed by atoms with Gasteiger partial charge in [-0.15, -0.1) is 0 Å². The first-order valence-electron chi connectivity index (χ1n) is 27.8. The summed E-state index contributed by atoms with van der Waals surface area (Å²) in [6, 6.07) is 16.0. The van der Waals surface area contributed by atoms with Gasteiger partial charge in [0.1, 0.15) is 12.2 Å². The highest BCUT2D eigenvalue weighted by atomic mass is 16.7.